The molecule has 3 saturated heterocycles. The maximum atomic E-state index is 14.8. The highest BCUT2D eigenvalue weighted by atomic mass is 19.3. The largest absolute Gasteiger partial charge is 0.357 e. The van der Waals surface area contributed by atoms with E-state index in [4.69, 9.17) is 0 Å². The lowest BCUT2D eigenvalue weighted by atomic mass is 9.51. The molecule has 6 aliphatic rings. The number of halogens is 2. The summed E-state index contributed by atoms with van der Waals surface area (Å²) in [6, 6.07) is 4.19. The number of pyridine rings is 1. The summed E-state index contributed by atoms with van der Waals surface area (Å²) < 4.78 is 31.4. The number of carbonyl (C=O) groups excluding carboxylic acids is 3. The van der Waals surface area contributed by atoms with Crippen LogP contribution in [0.25, 0.3) is 0 Å². The van der Waals surface area contributed by atoms with Crippen LogP contribution in [0.4, 0.5) is 14.6 Å². The van der Waals surface area contributed by atoms with Gasteiger partial charge in [-0.25, -0.2) is 13.8 Å². The molecule has 1 unspecified atom stereocenters. The second-order valence-corrected chi connectivity index (χ2v) is 14.3. The Hall–Kier alpha value is -4.00. The fourth-order valence-electron chi connectivity index (χ4n) is 8.29. The number of ketones is 1. The number of carbonyl (C=O) groups is 3. The monoisotopic (exact) mass is 632 g/mol. The van der Waals surface area contributed by atoms with Crippen molar-refractivity contribution >= 4 is 23.4 Å². The molecule has 13 heteroatoms. The van der Waals surface area contributed by atoms with Gasteiger partial charge in [0.05, 0.1) is 24.1 Å². The third kappa shape index (κ3) is 4.85. The van der Waals surface area contributed by atoms with Gasteiger partial charge in [0.2, 0.25) is 11.8 Å². The molecule has 4 fully saturated rings. The van der Waals surface area contributed by atoms with Crippen LogP contribution in [-0.2, 0) is 22.4 Å². The SMILES string of the molecule is C[C@@]12Cc3[nH]nc(C(=O)Cc4cnn(C5CN(CC6CCN(c7ccc(C8CCC(=O)NC8=O)cn7)CC6)C5)c4)c3[C@@H](C1)C2(F)F. The van der Waals surface area contributed by atoms with Crippen LogP contribution in [0.1, 0.15) is 89.8 Å². The molecule has 46 heavy (non-hydrogen) atoms. The van der Waals surface area contributed by atoms with Crippen LogP contribution in [0.3, 0.4) is 0 Å². The van der Waals surface area contributed by atoms with Crippen molar-refractivity contribution in [3.05, 3.63) is 58.8 Å². The molecule has 2 N–H and O–H groups in total. The topological polar surface area (TPSA) is 129 Å². The van der Waals surface area contributed by atoms with Crippen molar-refractivity contribution in [1.29, 1.82) is 0 Å². The first-order valence-electron chi connectivity index (χ1n) is 16.4. The molecule has 3 aliphatic heterocycles. The molecule has 11 nitrogen and oxygen atoms in total. The van der Waals surface area contributed by atoms with Crippen molar-refractivity contribution in [3.8, 4) is 0 Å². The Morgan fingerprint density at radius 2 is 1.91 bits per heavy atom. The highest BCUT2D eigenvalue weighted by molar-refractivity contribution is 6.01. The lowest BCUT2D eigenvalue weighted by molar-refractivity contribution is -0.221. The minimum atomic E-state index is -2.80. The number of rotatable bonds is 8. The van der Waals surface area contributed by atoms with E-state index in [1.54, 1.807) is 19.3 Å². The lowest BCUT2D eigenvalue weighted by Gasteiger charge is -2.56. The molecule has 3 aliphatic carbocycles. The summed E-state index contributed by atoms with van der Waals surface area (Å²) in [7, 11) is 0. The van der Waals surface area contributed by atoms with Crippen LogP contribution in [-0.4, -0.2) is 86.1 Å². The number of likely N-dealkylation sites (tertiary alicyclic amines) is 1. The maximum absolute atomic E-state index is 14.8. The van der Waals surface area contributed by atoms with E-state index in [1.165, 1.54) is 0 Å². The van der Waals surface area contributed by atoms with Crippen LogP contribution >= 0.6 is 0 Å². The molecular weight excluding hydrogens is 594 g/mol. The quantitative estimate of drug-likeness (QED) is 0.286. The Morgan fingerprint density at radius 1 is 1.11 bits per heavy atom. The number of nitrogens with one attached hydrogen (secondary N) is 2. The number of hydrogen-bond acceptors (Lipinski definition) is 8. The van der Waals surface area contributed by atoms with E-state index in [1.807, 2.05) is 23.0 Å². The molecule has 0 radical (unpaired) electrons. The molecule has 3 aromatic heterocycles. The van der Waals surface area contributed by atoms with E-state index >= 15 is 0 Å². The van der Waals surface area contributed by atoms with Gasteiger partial charge in [-0.3, -0.25) is 34.4 Å². The van der Waals surface area contributed by atoms with Crippen molar-refractivity contribution in [2.75, 3.05) is 37.6 Å². The molecule has 242 valence electrons. The van der Waals surface area contributed by atoms with Gasteiger partial charge in [-0.15, -0.1) is 0 Å². The summed E-state index contributed by atoms with van der Waals surface area (Å²) >= 11 is 0. The number of piperidine rings is 2. The fraction of sp³-hybridized carbons (Fsp3) is 0.576. The molecule has 2 amide bonds. The molecule has 3 atom stereocenters. The number of imide groups is 1. The van der Waals surface area contributed by atoms with Gasteiger partial charge in [-0.05, 0) is 48.8 Å². The predicted octanol–water partition coefficient (Wildman–Crippen LogP) is 3.41. The molecule has 0 aromatic carbocycles. The summed E-state index contributed by atoms with van der Waals surface area (Å²) in [5, 5.41) is 14.0. The minimum absolute atomic E-state index is 0.0936. The second-order valence-electron chi connectivity index (χ2n) is 14.3. The van der Waals surface area contributed by atoms with E-state index in [2.05, 4.69) is 35.4 Å². The van der Waals surface area contributed by atoms with Gasteiger partial charge in [-0.2, -0.15) is 10.2 Å². The second kappa shape index (κ2) is 10.8. The number of aromatic amines is 1. The normalized spacial score (nSPS) is 27.9. The van der Waals surface area contributed by atoms with Crippen LogP contribution < -0.4 is 10.2 Å². The van der Waals surface area contributed by atoms with Crippen molar-refractivity contribution < 1.29 is 23.2 Å². The molecule has 9 rings (SSSR count). The zero-order valence-electron chi connectivity index (χ0n) is 25.8. The van der Waals surface area contributed by atoms with Crippen LogP contribution in [0.5, 0.6) is 0 Å². The van der Waals surface area contributed by atoms with E-state index in [-0.39, 0.29) is 48.1 Å². The molecule has 6 heterocycles. The van der Waals surface area contributed by atoms with Crippen LogP contribution in [0.2, 0.25) is 0 Å². The summed E-state index contributed by atoms with van der Waals surface area (Å²) in [6.07, 6.45) is 9.12. The minimum Gasteiger partial charge on any atom is -0.357 e. The van der Waals surface area contributed by atoms with E-state index in [0.29, 0.717) is 36.4 Å². The summed E-state index contributed by atoms with van der Waals surface area (Å²) in [6.45, 7) is 6.32. The summed E-state index contributed by atoms with van der Waals surface area (Å²) in [5.41, 5.74) is 1.84. The number of Topliss-reactive ketones (excluding diaryl/α,β-unsaturated/α-hetero) is 1. The van der Waals surface area contributed by atoms with Crippen molar-refractivity contribution in [1.82, 2.24) is 35.2 Å². The Bertz CT molecular complexity index is 1690. The molecule has 1 saturated carbocycles. The predicted molar refractivity (Wildman–Crippen MR) is 163 cm³/mol. The van der Waals surface area contributed by atoms with Gasteiger partial charge in [0.1, 0.15) is 11.5 Å². The van der Waals surface area contributed by atoms with Crippen molar-refractivity contribution in [2.45, 2.75) is 75.7 Å². The van der Waals surface area contributed by atoms with Gasteiger partial charge in [0.25, 0.3) is 5.92 Å². The summed E-state index contributed by atoms with van der Waals surface area (Å²) in [5.74, 6) is -3.23. The number of anilines is 1. The van der Waals surface area contributed by atoms with Crippen LogP contribution in [0, 0.1) is 11.3 Å². The van der Waals surface area contributed by atoms with Crippen molar-refractivity contribution in [3.63, 3.8) is 0 Å². The standard InChI is InChI=1S/C33H38F2N8O3/c1-32-11-24(33(32,34)35)29-25(12-32)39-40-30(29)26(44)10-20-13-37-43(16-20)22-17-41(18-22)15-19-6-8-42(9-7-19)27-4-2-21(14-36-27)23-3-5-28(45)38-31(23)46/h2,4,13-14,16,19,22-24H,3,5-12,15,17-18H2,1H3,(H,39,40)(H,38,45,46)/t23?,24-,32+/m1/s1. The maximum Gasteiger partial charge on any atom is 0.260 e. The Morgan fingerprint density at radius 3 is 2.63 bits per heavy atom. The fourth-order valence-corrected chi connectivity index (χ4v) is 8.29. The smallest absolute Gasteiger partial charge is 0.260 e. The first-order valence-corrected chi connectivity index (χ1v) is 16.4. The number of hydrogen-bond donors (Lipinski definition) is 2. The highest BCUT2D eigenvalue weighted by Gasteiger charge is 2.70. The van der Waals surface area contributed by atoms with E-state index in [0.717, 1.165) is 62.5 Å². The third-order valence-corrected chi connectivity index (χ3v) is 11.2. The van der Waals surface area contributed by atoms with E-state index in [9.17, 15) is 23.2 Å². The molecule has 0 spiro atoms. The number of nitrogens with zero attached hydrogens (tertiary/aromatic N) is 6. The van der Waals surface area contributed by atoms with Gasteiger partial charge >= 0.3 is 0 Å². The summed E-state index contributed by atoms with van der Waals surface area (Å²) in [4.78, 5) is 46.2. The zero-order valence-corrected chi connectivity index (χ0v) is 25.8. The lowest BCUT2D eigenvalue weighted by Crippen LogP contribution is -2.59. The van der Waals surface area contributed by atoms with E-state index < -0.39 is 17.3 Å². The molecule has 2 bridgehead atoms. The van der Waals surface area contributed by atoms with Crippen LogP contribution in [0.15, 0.2) is 30.7 Å². The molecular formula is C33H38F2N8O3. The van der Waals surface area contributed by atoms with Gasteiger partial charge in [-0.1, -0.05) is 13.0 Å². The van der Waals surface area contributed by atoms with Gasteiger partial charge < -0.3 is 4.90 Å². The highest BCUT2D eigenvalue weighted by Crippen LogP contribution is 2.67. The van der Waals surface area contributed by atoms with Gasteiger partial charge in [0, 0.05) is 81.1 Å². The number of alkyl halides is 2. The first kappa shape index (κ1) is 29.4. The average molecular weight is 633 g/mol. The average Bonchev–Trinajstić information content (AvgIpc) is 3.66. The van der Waals surface area contributed by atoms with Crippen molar-refractivity contribution in [2.24, 2.45) is 11.3 Å². The zero-order chi connectivity index (χ0) is 31.8. The Labute approximate surface area is 265 Å². The Balaban J connectivity index is 0.796. The Kier molecular flexibility index (Phi) is 6.89. The third-order valence-electron chi connectivity index (χ3n) is 11.2. The number of aromatic nitrogens is 5. The molecule has 3 aromatic rings. The number of H-pyrrole nitrogens is 1. The first-order chi connectivity index (χ1) is 22.1. The number of amides is 2. The van der Waals surface area contributed by atoms with Gasteiger partial charge in [0.15, 0.2) is 5.78 Å².